The van der Waals surface area contributed by atoms with Crippen LogP contribution in [-0.2, 0) is 9.53 Å². The summed E-state index contributed by atoms with van der Waals surface area (Å²) in [6, 6.07) is 0. The van der Waals surface area contributed by atoms with Gasteiger partial charge in [-0.15, -0.1) is 0 Å². The molecule has 0 aromatic rings. The maximum Gasteiger partial charge on any atom is 0.306 e. The van der Waals surface area contributed by atoms with Gasteiger partial charge in [0.2, 0.25) is 0 Å². The van der Waals surface area contributed by atoms with Crippen LogP contribution >= 0.6 is 0 Å². The topological polar surface area (TPSA) is 87.0 Å². The van der Waals surface area contributed by atoms with E-state index in [2.05, 4.69) is 6.92 Å². The van der Waals surface area contributed by atoms with Crippen molar-refractivity contribution in [2.24, 2.45) is 0 Å². The maximum absolute atomic E-state index is 11.5. The fourth-order valence-corrected chi connectivity index (χ4v) is 2.38. The van der Waals surface area contributed by atoms with E-state index in [0.717, 1.165) is 19.3 Å². The minimum atomic E-state index is -0.937. The van der Waals surface area contributed by atoms with E-state index in [9.17, 15) is 20.1 Å². The molecule has 0 saturated heterocycles. The Labute approximate surface area is 187 Å². The molecule has 0 rings (SSSR count). The summed E-state index contributed by atoms with van der Waals surface area (Å²) in [6.07, 6.45) is 23.9. The first-order valence-corrected chi connectivity index (χ1v) is 11.2. The lowest BCUT2D eigenvalue weighted by Gasteiger charge is -2.08. The number of carbonyl (C=O) groups excluding carboxylic acids is 1. The lowest BCUT2D eigenvalue weighted by atomic mass is 10.1. The van der Waals surface area contributed by atoms with Gasteiger partial charge in [0, 0.05) is 6.42 Å². The monoisotopic (exact) mass is 432 g/mol. The third-order valence-electron chi connectivity index (χ3n) is 4.22. The van der Waals surface area contributed by atoms with Gasteiger partial charge in [-0.2, -0.15) is 0 Å². The number of hydrogen-bond acceptors (Lipinski definition) is 5. The molecule has 3 N–H and O–H groups in total. The van der Waals surface area contributed by atoms with Gasteiger partial charge in [-0.3, -0.25) is 4.79 Å². The fraction of sp³-hybridized carbons (Fsp3) is 0.500. The zero-order valence-electron chi connectivity index (χ0n) is 19.0. The Bertz CT molecular complexity index is 626. The average molecular weight is 433 g/mol. The highest BCUT2D eigenvalue weighted by Gasteiger charge is 2.08. The number of allylic oxidation sites excluding steroid dienone is 9. The van der Waals surface area contributed by atoms with Crippen molar-refractivity contribution >= 4 is 5.97 Å². The van der Waals surface area contributed by atoms with Crippen LogP contribution in [0.15, 0.2) is 72.6 Å². The summed E-state index contributed by atoms with van der Waals surface area (Å²) in [5.41, 5.74) is 0. The largest absolute Gasteiger partial charge is 0.510 e. The maximum atomic E-state index is 11.5. The molecule has 31 heavy (non-hydrogen) atoms. The highest BCUT2D eigenvalue weighted by molar-refractivity contribution is 5.69. The van der Waals surface area contributed by atoms with E-state index < -0.39 is 12.2 Å². The van der Waals surface area contributed by atoms with Crippen LogP contribution in [0.2, 0.25) is 0 Å². The van der Waals surface area contributed by atoms with Crippen molar-refractivity contribution in [2.45, 2.75) is 77.4 Å². The molecule has 0 aromatic carbocycles. The second kappa shape index (κ2) is 20.9. The third-order valence-corrected chi connectivity index (χ3v) is 4.22. The fourth-order valence-electron chi connectivity index (χ4n) is 2.38. The van der Waals surface area contributed by atoms with Gasteiger partial charge >= 0.3 is 5.97 Å². The quantitative estimate of drug-likeness (QED) is 0.0911. The average Bonchev–Trinajstić information content (AvgIpc) is 2.75. The number of carbonyl (C=O) groups is 1. The predicted molar refractivity (Wildman–Crippen MR) is 128 cm³/mol. The van der Waals surface area contributed by atoms with E-state index in [1.165, 1.54) is 6.08 Å². The van der Waals surface area contributed by atoms with Crippen molar-refractivity contribution < 1.29 is 24.9 Å². The van der Waals surface area contributed by atoms with E-state index in [4.69, 9.17) is 4.74 Å². The van der Waals surface area contributed by atoms with Crippen molar-refractivity contribution in [2.75, 3.05) is 6.61 Å². The number of aliphatic hydroxyl groups is 3. The van der Waals surface area contributed by atoms with Gasteiger partial charge in [0.1, 0.15) is 11.9 Å². The van der Waals surface area contributed by atoms with Gasteiger partial charge in [0.15, 0.2) is 0 Å². The third kappa shape index (κ3) is 19.3. The molecule has 174 valence electrons. The minimum Gasteiger partial charge on any atom is -0.510 e. The zero-order valence-corrected chi connectivity index (χ0v) is 19.0. The number of esters is 1. The van der Waals surface area contributed by atoms with Crippen LogP contribution < -0.4 is 0 Å². The lowest BCUT2D eigenvalue weighted by Crippen LogP contribution is -2.10. The van der Waals surface area contributed by atoms with Gasteiger partial charge < -0.3 is 20.1 Å². The Balaban J connectivity index is 3.99. The molecule has 0 saturated carbocycles. The normalized spacial score (nSPS) is 15.2. The highest BCUT2D eigenvalue weighted by atomic mass is 16.5. The summed E-state index contributed by atoms with van der Waals surface area (Å²) in [6.45, 7) is 4.52. The highest BCUT2D eigenvalue weighted by Crippen LogP contribution is 2.09. The van der Waals surface area contributed by atoms with Gasteiger partial charge in [-0.05, 0) is 44.6 Å². The zero-order chi connectivity index (χ0) is 23.2. The van der Waals surface area contributed by atoms with E-state index >= 15 is 0 Å². The Morgan fingerprint density at radius 1 is 0.935 bits per heavy atom. The van der Waals surface area contributed by atoms with E-state index in [0.29, 0.717) is 32.3 Å². The molecule has 2 atom stereocenters. The molecule has 0 spiro atoms. The van der Waals surface area contributed by atoms with Crippen LogP contribution in [0.5, 0.6) is 0 Å². The molecule has 0 unspecified atom stereocenters. The van der Waals surface area contributed by atoms with Crippen molar-refractivity contribution in [3.63, 3.8) is 0 Å². The summed E-state index contributed by atoms with van der Waals surface area (Å²) >= 11 is 0. The van der Waals surface area contributed by atoms with E-state index in [1.807, 2.05) is 61.6 Å². The number of rotatable bonds is 17. The Morgan fingerprint density at radius 2 is 1.65 bits per heavy atom. The molecule has 5 nitrogen and oxygen atoms in total. The van der Waals surface area contributed by atoms with E-state index in [1.54, 1.807) is 6.08 Å². The predicted octanol–water partition coefficient (Wildman–Crippen LogP) is 5.63. The van der Waals surface area contributed by atoms with Gasteiger partial charge in [0.25, 0.3) is 0 Å². The first-order chi connectivity index (χ1) is 15.0. The molecule has 0 heterocycles. The summed E-state index contributed by atoms with van der Waals surface area (Å²) in [5, 5.41) is 29.5. The van der Waals surface area contributed by atoms with Crippen LogP contribution in [0.1, 0.15) is 65.2 Å². The summed E-state index contributed by atoms with van der Waals surface area (Å²) in [7, 11) is 0. The van der Waals surface area contributed by atoms with Crippen molar-refractivity contribution in [1.29, 1.82) is 0 Å². The summed E-state index contributed by atoms with van der Waals surface area (Å²) < 4.78 is 5.04. The molecule has 0 aliphatic heterocycles. The molecule has 0 amide bonds. The molecule has 0 radical (unpaired) electrons. The first kappa shape index (κ1) is 28.6. The molecule has 0 aliphatic rings. The molecule has 0 fully saturated rings. The molecule has 0 aliphatic carbocycles. The van der Waals surface area contributed by atoms with Crippen LogP contribution in [0.4, 0.5) is 0 Å². The number of hydrogen-bond donors (Lipinski definition) is 3. The molecular weight excluding hydrogens is 392 g/mol. The van der Waals surface area contributed by atoms with Gasteiger partial charge in [0.05, 0.1) is 12.7 Å². The van der Waals surface area contributed by atoms with Gasteiger partial charge in [-0.25, -0.2) is 0 Å². The van der Waals surface area contributed by atoms with Crippen LogP contribution in [0, 0.1) is 0 Å². The van der Waals surface area contributed by atoms with Crippen molar-refractivity contribution in [1.82, 2.24) is 0 Å². The Morgan fingerprint density at radius 3 is 2.35 bits per heavy atom. The molecule has 5 heteroatoms. The van der Waals surface area contributed by atoms with Gasteiger partial charge in [-0.1, -0.05) is 81.0 Å². The second-order valence-corrected chi connectivity index (χ2v) is 7.10. The number of ether oxygens (including phenoxy) is 1. The Kier molecular flexibility index (Phi) is 19.3. The first-order valence-electron chi connectivity index (χ1n) is 11.2. The molecular formula is C26H40O5. The summed E-state index contributed by atoms with van der Waals surface area (Å²) in [4.78, 5) is 11.5. The molecule has 0 bridgehead atoms. The standard InChI is InChI=1S/C26H40O5/c1-3-5-13-17-23(27)18-14-11-9-7-8-10-12-15-19-24(28)25(29)20-16-21-26(30)31-22-6-4-2/h5,7-14,18,20,23-24,27-29H,3-4,6,15-17,19,21-22H2,1-2H3/b8-7+,11-9-,12-10+,13-5-,18-14+,25-20+/t23-,24+/m1/s1. The number of unbranched alkanes of at least 4 members (excludes halogenated alkanes) is 1. The van der Waals surface area contributed by atoms with Crippen molar-refractivity contribution in [3.05, 3.63) is 72.6 Å². The smallest absolute Gasteiger partial charge is 0.306 e. The molecule has 0 aromatic heterocycles. The summed E-state index contributed by atoms with van der Waals surface area (Å²) in [5.74, 6) is -0.390. The second-order valence-electron chi connectivity index (χ2n) is 7.10. The number of aliphatic hydroxyl groups excluding tert-OH is 3. The van der Waals surface area contributed by atoms with Crippen LogP contribution in [0.3, 0.4) is 0 Å². The van der Waals surface area contributed by atoms with Crippen LogP contribution in [-0.4, -0.2) is 40.1 Å². The minimum absolute atomic E-state index is 0.104. The lowest BCUT2D eigenvalue weighted by molar-refractivity contribution is -0.143. The van der Waals surface area contributed by atoms with Crippen LogP contribution in [0.25, 0.3) is 0 Å². The van der Waals surface area contributed by atoms with Crippen molar-refractivity contribution in [3.8, 4) is 0 Å². The van der Waals surface area contributed by atoms with E-state index in [-0.39, 0.29) is 18.1 Å². The Hall–Kier alpha value is -2.37. The SMILES string of the molecule is CC/C=C\C[C@@H](O)/C=C/C=C\C=C\C=C\CC[C@H](O)/C(O)=C\CCC(=O)OCCCC.